The van der Waals surface area contributed by atoms with Crippen molar-refractivity contribution in [2.45, 2.75) is 63.5 Å². The number of hydrogen-bond donors (Lipinski definition) is 2. The maximum atomic E-state index is 11.4. The second-order valence-electron chi connectivity index (χ2n) is 6.89. The lowest BCUT2D eigenvalue weighted by Crippen LogP contribution is -2.47. The van der Waals surface area contributed by atoms with E-state index in [1.165, 1.54) is 45.2 Å². The van der Waals surface area contributed by atoms with E-state index in [1.807, 2.05) is 0 Å². The van der Waals surface area contributed by atoms with Gasteiger partial charge in [-0.3, -0.25) is 9.69 Å². The first kappa shape index (κ1) is 14.3. The van der Waals surface area contributed by atoms with E-state index in [0.29, 0.717) is 12.0 Å². The van der Waals surface area contributed by atoms with Crippen LogP contribution >= 0.6 is 0 Å². The quantitative estimate of drug-likeness (QED) is 0.828. The van der Waals surface area contributed by atoms with E-state index >= 15 is 0 Å². The van der Waals surface area contributed by atoms with Gasteiger partial charge in [-0.25, -0.2) is 0 Å². The van der Waals surface area contributed by atoms with Crippen molar-refractivity contribution >= 4 is 5.97 Å². The first-order chi connectivity index (χ1) is 9.75. The molecule has 0 amide bonds. The zero-order valence-corrected chi connectivity index (χ0v) is 12.4. The van der Waals surface area contributed by atoms with Gasteiger partial charge in [0, 0.05) is 18.6 Å². The highest BCUT2D eigenvalue weighted by Gasteiger charge is 2.37. The second kappa shape index (κ2) is 6.44. The highest BCUT2D eigenvalue weighted by atomic mass is 16.4. The highest BCUT2D eigenvalue weighted by molar-refractivity contribution is 5.70. The van der Waals surface area contributed by atoms with Crippen LogP contribution in [0.1, 0.15) is 51.4 Å². The predicted octanol–water partition coefficient (Wildman–Crippen LogP) is 2.09. The monoisotopic (exact) mass is 280 g/mol. The lowest BCUT2D eigenvalue weighted by molar-refractivity contribution is -0.144. The van der Waals surface area contributed by atoms with Crippen molar-refractivity contribution in [2.75, 3.05) is 19.6 Å². The summed E-state index contributed by atoms with van der Waals surface area (Å²) in [6.45, 7) is 3.41. The molecule has 2 saturated heterocycles. The molecule has 0 aromatic rings. The molecule has 3 aliphatic rings. The molecule has 4 nitrogen and oxygen atoms in total. The van der Waals surface area contributed by atoms with Gasteiger partial charge in [0.25, 0.3) is 0 Å². The Morgan fingerprint density at radius 2 is 1.85 bits per heavy atom. The molecule has 0 spiro atoms. The molecule has 0 aromatic heterocycles. The Bertz CT molecular complexity index is 347. The fourth-order valence-corrected chi connectivity index (χ4v) is 4.57. The molecule has 20 heavy (non-hydrogen) atoms. The Hall–Kier alpha value is -0.610. The van der Waals surface area contributed by atoms with Gasteiger partial charge in [-0.2, -0.15) is 0 Å². The summed E-state index contributed by atoms with van der Waals surface area (Å²) >= 11 is 0. The molecule has 0 aromatic carbocycles. The van der Waals surface area contributed by atoms with Crippen molar-refractivity contribution in [3.8, 4) is 0 Å². The standard InChI is InChI=1S/C16H28N2O2/c19-16(20)13-6-2-1-5-12(13)11-17-14-8-10-18-9-4-3-7-15(14)18/h12-15,17H,1-11H2,(H,19,20). The van der Waals surface area contributed by atoms with Gasteiger partial charge in [0.1, 0.15) is 0 Å². The number of nitrogens with zero attached hydrogens (tertiary/aromatic N) is 1. The minimum Gasteiger partial charge on any atom is -0.481 e. The molecule has 1 aliphatic carbocycles. The molecule has 2 N–H and O–H groups in total. The van der Waals surface area contributed by atoms with E-state index in [0.717, 1.165) is 31.8 Å². The largest absolute Gasteiger partial charge is 0.481 e. The van der Waals surface area contributed by atoms with E-state index in [2.05, 4.69) is 10.2 Å². The minimum absolute atomic E-state index is 0.111. The van der Waals surface area contributed by atoms with Gasteiger partial charge in [-0.05, 0) is 51.1 Å². The van der Waals surface area contributed by atoms with Gasteiger partial charge >= 0.3 is 5.97 Å². The number of nitrogens with one attached hydrogen (secondary N) is 1. The number of rotatable bonds is 4. The number of fused-ring (bicyclic) bond motifs is 1. The van der Waals surface area contributed by atoms with Gasteiger partial charge in [0.05, 0.1) is 5.92 Å². The van der Waals surface area contributed by atoms with Gasteiger partial charge in [-0.15, -0.1) is 0 Å². The number of aliphatic carboxylic acids is 1. The lowest BCUT2D eigenvalue weighted by Gasteiger charge is -2.34. The van der Waals surface area contributed by atoms with Crippen molar-refractivity contribution < 1.29 is 9.90 Å². The van der Waals surface area contributed by atoms with Crippen LogP contribution in [-0.2, 0) is 4.79 Å². The Morgan fingerprint density at radius 3 is 2.70 bits per heavy atom. The second-order valence-corrected chi connectivity index (χ2v) is 6.89. The number of carboxylic acid groups (broad SMARTS) is 1. The highest BCUT2D eigenvalue weighted by Crippen LogP contribution is 2.31. The van der Waals surface area contributed by atoms with Gasteiger partial charge in [0.15, 0.2) is 0 Å². The SMILES string of the molecule is O=C(O)C1CCCCC1CNC1CCN2CCCCC12. The summed E-state index contributed by atoms with van der Waals surface area (Å²) in [5, 5.41) is 13.1. The van der Waals surface area contributed by atoms with Crippen molar-refractivity contribution in [3.05, 3.63) is 0 Å². The van der Waals surface area contributed by atoms with Crippen molar-refractivity contribution in [2.24, 2.45) is 11.8 Å². The summed E-state index contributed by atoms with van der Waals surface area (Å²) in [5.74, 6) is -0.346. The molecule has 4 atom stereocenters. The van der Waals surface area contributed by atoms with Gasteiger partial charge in [-0.1, -0.05) is 19.3 Å². The number of piperidine rings is 1. The summed E-state index contributed by atoms with van der Waals surface area (Å²) in [6.07, 6.45) is 9.55. The van der Waals surface area contributed by atoms with E-state index in [9.17, 15) is 9.90 Å². The average molecular weight is 280 g/mol. The van der Waals surface area contributed by atoms with Crippen molar-refractivity contribution in [1.82, 2.24) is 10.2 Å². The third-order valence-electron chi connectivity index (χ3n) is 5.72. The number of hydrogen-bond acceptors (Lipinski definition) is 3. The maximum Gasteiger partial charge on any atom is 0.306 e. The molecule has 114 valence electrons. The average Bonchev–Trinajstić information content (AvgIpc) is 2.88. The third-order valence-corrected chi connectivity index (χ3v) is 5.72. The molecule has 0 radical (unpaired) electrons. The molecule has 3 fully saturated rings. The molecular weight excluding hydrogens is 252 g/mol. The fraction of sp³-hybridized carbons (Fsp3) is 0.938. The Labute approximate surface area is 121 Å². The van der Waals surface area contributed by atoms with Gasteiger partial charge in [0.2, 0.25) is 0 Å². The smallest absolute Gasteiger partial charge is 0.306 e. The fourth-order valence-electron chi connectivity index (χ4n) is 4.57. The minimum atomic E-state index is -0.581. The summed E-state index contributed by atoms with van der Waals surface area (Å²) in [4.78, 5) is 14.0. The Balaban J connectivity index is 1.52. The molecular formula is C16H28N2O2. The molecule has 2 heterocycles. The van der Waals surface area contributed by atoms with Crippen LogP contribution in [0.2, 0.25) is 0 Å². The molecule has 4 heteroatoms. The van der Waals surface area contributed by atoms with E-state index in [-0.39, 0.29) is 5.92 Å². The van der Waals surface area contributed by atoms with Crippen LogP contribution in [0.5, 0.6) is 0 Å². The zero-order chi connectivity index (χ0) is 13.9. The van der Waals surface area contributed by atoms with Crippen LogP contribution in [0.4, 0.5) is 0 Å². The van der Waals surface area contributed by atoms with Crippen LogP contribution in [-0.4, -0.2) is 47.7 Å². The first-order valence-corrected chi connectivity index (χ1v) is 8.46. The van der Waals surface area contributed by atoms with E-state index < -0.39 is 5.97 Å². The molecule has 0 bridgehead atoms. The van der Waals surface area contributed by atoms with E-state index in [4.69, 9.17) is 0 Å². The van der Waals surface area contributed by atoms with Crippen molar-refractivity contribution in [1.29, 1.82) is 0 Å². The summed E-state index contributed by atoms with van der Waals surface area (Å²) in [5.41, 5.74) is 0. The maximum absolute atomic E-state index is 11.4. The summed E-state index contributed by atoms with van der Waals surface area (Å²) < 4.78 is 0. The summed E-state index contributed by atoms with van der Waals surface area (Å²) in [6, 6.07) is 1.32. The normalized spacial score (nSPS) is 38.6. The number of carboxylic acids is 1. The summed E-state index contributed by atoms with van der Waals surface area (Å²) in [7, 11) is 0. The molecule has 3 rings (SSSR count). The van der Waals surface area contributed by atoms with Crippen molar-refractivity contribution in [3.63, 3.8) is 0 Å². The van der Waals surface area contributed by atoms with Crippen LogP contribution in [0, 0.1) is 11.8 Å². The third kappa shape index (κ3) is 3.01. The zero-order valence-electron chi connectivity index (χ0n) is 12.4. The van der Waals surface area contributed by atoms with Crippen LogP contribution in [0.3, 0.4) is 0 Å². The molecule has 1 saturated carbocycles. The Kier molecular flexibility index (Phi) is 4.61. The lowest BCUT2D eigenvalue weighted by atomic mass is 9.79. The molecule has 4 unspecified atom stereocenters. The van der Waals surface area contributed by atoms with Crippen LogP contribution in [0.25, 0.3) is 0 Å². The first-order valence-electron chi connectivity index (χ1n) is 8.46. The van der Waals surface area contributed by atoms with Crippen LogP contribution < -0.4 is 5.32 Å². The predicted molar refractivity (Wildman–Crippen MR) is 78.7 cm³/mol. The molecule has 2 aliphatic heterocycles. The Morgan fingerprint density at radius 1 is 1.05 bits per heavy atom. The number of carbonyl (C=O) groups is 1. The van der Waals surface area contributed by atoms with E-state index in [1.54, 1.807) is 0 Å². The van der Waals surface area contributed by atoms with Gasteiger partial charge < -0.3 is 10.4 Å². The topological polar surface area (TPSA) is 52.6 Å². The van der Waals surface area contributed by atoms with Crippen LogP contribution in [0.15, 0.2) is 0 Å².